The van der Waals surface area contributed by atoms with E-state index in [0.29, 0.717) is 24.6 Å². The summed E-state index contributed by atoms with van der Waals surface area (Å²) in [6, 6.07) is 13.6. The summed E-state index contributed by atoms with van der Waals surface area (Å²) in [5, 5.41) is 14.1. The first kappa shape index (κ1) is 22.1. The van der Waals surface area contributed by atoms with Crippen LogP contribution < -0.4 is 5.32 Å². The van der Waals surface area contributed by atoms with Crippen LogP contribution in [-0.4, -0.2) is 41.7 Å². The predicted molar refractivity (Wildman–Crippen MR) is 122 cm³/mol. The SMILES string of the molecule is CCO[C@H]1[C@H](NC(=O)CC)c2ccccc2C12CCN(Cc1cc(Cl)ccc1O)CC2. The summed E-state index contributed by atoms with van der Waals surface area (Å²) in [4.78, 5) is 14.7. The van der Waals surface area contributed by atoms with Crippen molar-refractivity contribution in [3.8, 4) is 5.75 Å². The number of likely N-dealkylation sites (tertiary alicyclic amines) is 1. The summed E-state index contributed by atoms with van der Waals surface area (Å²) >= 11 is 6.13. The third-order valence-electron chi connectivity index (χ3n) is 6.85. The van der Waals surface area contributed by atoms with Crippen molar-refractivity contribution in [3.05, 3.63) is 64.2 Å². The van der Waals surface area contributed by atoms with E-state index >= 15 is 0 Å². The van der Waals surface area contributed by atoms with Crippen molar-refractivity contribution >= 4 is 17.5 Å². The van der Waals surface area contributed by atoms with E-state index in [-0.39, 0.29) is 29.2 Å². The Morgan fingerprint density at radius 2 is 1.97 bits per heavy atom. The lowest BCUT2D eigenvalue weighted by atomic mass is 9.71. The van der Waals surface area contributed by atoms with Gasteiger partial charge in [0.2, 0.25) is 5.91 Å². The smallest absolute Gasteiger partial charge is 0.220 e. The van der Waals surface area contributed by atoms with Crippen molar-refractivity contribution in [1.82, 2.24) is 10.2 Å². The van der Waals surface area contributed by atoms with Crippen LogP contribution in [0.1, 0.15) is 55.8 Å². The Labute approximate surface area is 189 Å². The van der Waals surface area contributed by atoms with Crippen LogP contribution in [0.3, 0.4) is 0 Å². The van der Waals surface area contributed by atoms with Crippen molar-refractivity contribution in [2.45, 2.75) is 57.2 Å². The molecule has 0 aromatic heterocycles. The highest BCUT2D eigenvalue weighted by Gasteiger charge is 2.54. The summed E-state index contributed by atoms with van der Waals surface area (Å²) in [6.45, 7) is 6.95. The van der Waals surface area contributed by atoms with E-state index in [1.165, 1.54) is 11.1 Å². The predicted octanol–water partition coefficient (Wildman–Crippen LogP) is 4.57. The Balaban J connectivity index is 1.58. The minimum atomic E-state index is -0.120. The Morgan fingerprint density at radius 3 is 2.68 bits per heavy atom. The van der Waals surface area contributed by atoms with E-state index in [1.807, 2.05) is 26.0 Å². The number of ether oxygens (including phenoxy) is 1. The molecule has 5 nitrogen and oxygen atoms in total. The van der Waals surface area contributed by atoms with Gasteiger partial charge in [-0.05, 0) is 62.2 Å². The summed E-state index contributed by atoms with van der Waals surface area (Å²) in [5.41, 5.74) is 3.22. The van der Waals surface area contributed by atoms with Crippen LogP contribution in [0.15, 0.2) is 42.5 Å². The Morgan fingerprint density at radius 1 is 1.23 bits per heavy atom. The number of fused-ring (bicyclic) bond motifs is 2. The number of hydrogen-bond acceptors (Lipinski definition) is 4. The molecule has 2 aromatic carbocycles. The van der Waals surface area contributed by atoms with E-state index in [0.717, 1.165) is 31.5 Å². The van der Waals surface area contributed by atoms with E-state index in [4.69, 9.17) is 16.3 Å². The van der Waals surface area contributed by atoms with Gasteiger partial charge in [0.25, 0.3) is 0 Å². The number of phenols is 1. The van der Waals surface area contributed by atoms with Gasteiger partial charge < -0.3 is 15.2 Å². The largest absolute Gasteiger partial charge is 0.508 e. The fourth-order valence-electron chi connectivity index (χ4n) is 5.31. The summed E-state index contributed by atoms with van der Waals surface area (Å²) in [7, 11) is 0. The summed E-state index contributed by atoms with van der Waals surface area (Å²) in [5.74, 6) is 0.334. The molecular weight excluding hydrogens is 412 g/mol. The maximum Gasteiger partial charge on any atom is 0.220 e. The van der Waals surface area contributed by atoms with Gasteiger partial charge in [-0.2, -0.15) is 0 Å². The van der Waals surface area contributed by atoms with Crippen LogP contribution >= 0.6 is 11.6 Å². The molecule has 0 radical (unpaired) electrons. The molecule has 31 heavy (non-hydrogen) atoms. The average molecular weight is 443 g/mol. The lowest BCUT2D eigenvalue weighted by Crippen LogP contribution is -2.50. The number of aromatic hydroxyl groups is 1. The molecule has 1 aliphatic carbocycles. The molecule has 1 fully saturated rings. The minimum Gasteiger partial charge on any atom is -0.508 e. The molecule has 1 amide bonds. The molecule has 2 aliphatic rings. The molecule has 166 valence electrons. The molecule has 1 heterocycles. The molecule has 2 aromatic rings. The number of phenolic OH excluding ortho intramolecular Hbond substituents is 1. The zero-order valence-corrected chi connectivity index (χ0v) is 19.0. The van der Waals surface area contributed by atoms with Crippen LogP contribution in [0.2, 0.25) is 5.02 Å². The van der Waals surface area contributed by atoms with Gasteiger partial charge in [0.15, 0.2) is 0 Å². The number of carbonyl (C=O) groups excluding carboxylic acids is 1. The van der Waals surface area contributed by atoms with E-state index in [1.54, 1.807) is 12.1 Å². The molecule has 2 atom stereocenters. The second kappa shape index (κ2) is 9.19. The van der Waals surface area contributed by atoms with Crippen LogP contribution in [0.25, 0.3) is 0 Å². The second-order valence-corrected chi connectivity index (χ2v) is 9.00. The Kier molecular flexibility index (Phi) is 6.56. The molecule has 4 rings (SSSR count). The van der Waals surface area contributed by atoms with Gasteiger partial charge in [0.1, 0.15) is 5.75 Å². The molecule has 0 unspecified atom stereocenters. The van der Waals surface area contributed by atoms with Gasteiger partial charge >= 0.3 is 0 Å². The summed E-state index contributed by atoms with van der Waals surface area (Å²) in [6.07, 6.45) is 2.26. The first-order valence-electron chi connectivity index (χ1n) is 11.2. The first-order valence-corrected chi connectivity index (χ1v) is 11.6. The van der Waals surface area contributed by atoms with Gasteiger partial charge in [-0.25, -0.2) is 0 Å². The summed E-state index contributed by atoms with van der Waals surface area (Å²) < 4.78 is 6.33. The molecule has 0 saturated carbocycles. The monoisotopic (exact) mass is 442 g/mol. The number of carbonyl (C=O) groups is 1. The van der Waals surface area contributed by atoms with Gasteiger partial charge in [-0.3, -0.25) is 9.69 Å². The third kappa shape index (κ3) is 4.19. The average Bonchev–Trinajstić information content (AvgIpc) is 3.02. The Hall–Kier alpha value is -2.08. The van der Waals surface area contributed by atoms with E-state index in [2.05, 4.69) is 28.4 Å². The number of hydrogen-bond donors (Lipinski definition) is 2. The number of benzene rings is 2. The maximum absolute atomic E-state index is 12.3. The molecular formula is C25H31ClN2O3. The number of nitrogens with zero attached hydrogens (tertiary/aromatic N) is 1. The van der Waals surface area contributed by atoms with Crippen LogP contribution in [0, 0.1) is 0 Å². The van der Waals surface area contributed by atoms with Crippen molar-refractivity contribution in [1.29, 1.82) is 0 Å². The quantitative estimate of drug-likeness (QED) is 0.688. The highest BCUT2D eigenvalue weighted by Crippen LogP contribution is 2.52. The first-order chi connectivity index (χ1) is 15.0. The second-order valence-electron chi connectivity index (χ2n) is 8.57. The Bertz CT molecular complexity index is 940. The normalized spacial score (nSPS) is 22.4. The number of rotatable bonds is 6. The van der Waals surface area contributed by atoms with E-state index in [9.17, 15) is 9.90 Å². The minimum absolute atomic E-state index is 0.0513. The highest BCUT2D eigenvalue weighted by atomic mass is 35.5. The lowest BCUT2D eigenvalue weighted by Gasteiger charge is -2.44. The van der Waals surface area contributed by atoms with E-state index < -0.39 is 0 Å². The van der Waals surface area contributed by atoms with Crippen LogP contribution in [0.4, 0.5) is 0 Å². The molecule has 1 spiro atoms. The molecule has 2 N–H and O–H groups in total. The van der Waals surface area contributed by atoms with Crippen molar-refractivity contribution < 1.29 is 14.6 Å². The van der Waals surface area contributed by atoms with Crippen molar-refractivity contribution in [2.24, 2.45) is 0 Å². The molecule has 1 aliphatic heterocycles. The van der Waals surface area contributed by atoms with Gasteiger partial charge in [-0.1, -0.05) is 42.8 Å². The van der Waals surface area contributed by atoms with Crippen LogP contribution in [0.5, 0.6) is 5.75 Å². The standard InChI is InChI=1S/C25H31ClN2O3/c1-3-22(30)27-23-19-7-5-6-8-20(19)25(24(23)31-4-2)11-13-28(14-12-25)16-17-15-18(26)9-10-21(17)29/h5-10,15,23-24,29H,3-4,11-14,16H2,1-2H3,(H,27,30)/t23-,24+/m1/s1. The number of amides is 1. The number of halogens is 1. The molecule has 6 heteroatoms. The van der Waals surface area contributed by atoms with Gasteiger partial charge in [-0.15, -0.1) is 0 Å². The highest BCUT2D eigenvalue weighted by molar-refractivity contribution is 6.30. The van der Waals surface area contributed by atoms with Crippen molar-refractivity contribution in [2.75, 3.05) is 19.7 Å². The fourth-order valence-corrected chi connectivity index (χ4v) is 5.50. The lowest BCUT2D eigenvalue weighted by molar-refractivity contribution is -0.123. The topological polar surface area (TPSA) is 61.8 Å². The maximum atomic E-state index is 12.3. The zero-order chi connectivity index (χ0) is 22.0. The third-order valence-corrected chi connectivity index (χ3v) is 7.08. The number of piperidine rings is 1. The fraction of sp³-hybridized carbons (Fsp3) is 0.480. The van der Waals surface area contributed by atoms with Gasteiger partial charge in [0, 0.05) is 35.6 Å². The van der Waals surface area contributed by atoms with Crippen molar-refractivity contribution in [3.63, 3.8) is 0 Å². The molecule has 1 saturated heterocycles. The number of nitrogens with one attached hydrogen (secondary N) is 1. The molecule has 0 bridgehead atoms. The van der Waals surface area contributed by atoms with Gasteiger partial charge in [0.05, 0.1) is 12.1 Å². The van der Waals surface area contributed by atoms with Crippen LogP contribution in [-0.2, 0) is 21.5 Å². The zero-order valence-electron chi connectivity index (χ0n) is 18.2.